The first-order valence-electron chi connectivity index (χ1n) is 9.54. The number of hydrogen-bond donors (Lipinski definition) is 1. The van der Waals surface area contributed by atoms with Gasteiger partial charge in [0.05, 0.1) is 37.6 Å². The van der Waals surface area contributed by atoms with Crippen molar-refractivity contribution < 1.29 is 18.7 Å². The molecule has 2 amide bonds. The molecule has 1 fully saturated rings. The number of nitrogens with zero attached hydrogens (tertiary/aromatic N) is 1. The van der Waals surface area contributed by atoms with Crippen molar-refractivity contribution in [3.8, 4) is 5.75 Å². The second kappa shape index (κ2) is 9.37. The topological polar surface area (TPSA) is 71.8 Å². The number of nitrogens with one attached hydrogen (secondary N) is 1. The number of anilines is 1. The first-order chi connectivity index (χ1) is 13.2. The number of ether oxygens (including phenoxy) is 1. The third-order valence-corrected chi connectivity index (χ3v) is 4.61. The van der Waals surface area contributed by atoms with Crippen LogP contribution in [0.1, 0.15) is 44.8 Å². The zero-order chi connectivity index (χ0) is 19.1. The van der Waals surface area contributed by atoms with E-state index in [0.717, 1.165) is 24.4 Å². The SMILES string of the molecule is CCCCCCOc1ccc(N2C(=O)CC(NCc3ccco3)C2=O)cc1. The van der Waals surface area contributed by atoms with Gasteiger partial charge in [0.1, 0.15) is 11.5 Å². The predicted octanol–water partition coefficient (Wildman–Crippen LogP) is 3.66. The number of rotatable bonds is 10. The van der Waals surface area contributed by atoms with Crippen molar-refractivity contribution >= 4 is 17.5 Å². The van der Waals surface area contributed by atoms with Gasteiger partial charge in [0.25, 0.3) is 5.91 Å². The highest BCUT2D eigenvalue weighted by Gasteiger charge is 2.39. The summed E-state index contributed by atoms with van der Waals surface area (Å²) in [5.74, 6) is 1.04. The van der Waals surface area contributed by atoms with Gasteiger partial charge in [0, 0.05) is 0 Å². The fourth-order valence-corrected chi connectivity index (χ4v) is 3.11. The van der Waals surface area contributed by atoms with Crippen LogP contribution in [-0.2, 0) is 16.1 Å². The number of hydrogen-bond acceptors (Lipinski definition) is 5. The van der Waals surface area contributed by atoms with Gasteiger partial charge in [-0.15, -0.1) is 0 Å². The minimum Gasteiger partial charge on any atom is -0.494 e. The summed E-state index contributed by atoms with van der Waals surface area (Å²) < 4.78 is 11.0. The molecule has 6 heteroatoms. The lowest BCUT2D eigenvalue weighted by atomic mass is 10.2. The maximum absolute atomic E-state index is 12.6. The van der Waals surface area contributed by atoms with Gasteiger partial charge < -0.3 is 9.15 Å². The Labute approximate surface area is 159 Å². The van der Waals surface area contributed by atoms with Crippen molar-refractivity contribution in [3.05, 3.63) is 48.4 Å². The van der Waals surface area contributed by atoms with Crippen molar-refractivity contribution in [2.75, 3.05) is 11.5 Å². The lowest BCUT2D eigenvalue weighted by Crippen LogP contribution is -2.38. The minimum atomic E-state index is -0.530. The number of imide groups is 1. The Bertz CT molecular complexity index is 740. The molecule has 1 N–H and O–H groups in total. The van der Waals surface area contributed by atoms with E-state index in [1.165, 1.54) is 17.7 Å². The Morgan fingerprint density at radius 2 is 1.96 bits per heavy atom. The van der Waals surface area contributed by atoms with Crippen LogP contribution in [0.5, 0.6) is 5.75 Å². The Hall–Kier alpha value is -2.60. The Balaban J connectivity index is 1.53. The molecule has 1 aromatic heterocycles. The van der Waals surface area contributed by atoms with Gasteiger partial charge in [-0.3, -0.25) is 14.9 Å². The number of benzene rings is 1. The molecule has 1 aliphatic rings. The molecule has 0 saturated carbocycles. The molecule has 1 unspecified atom stereocenters. The van der Waals surface area contributed by atoms with Gasteiger partial charge in [0.15, 0.2) is 0 Å². The normalized spacial score (nSPS) is 16.9. The van der Waals surface area contributed by atoms with Crippen molar-refractivity contribution in [3.63, 3.8) is 0 Å². The highest BCUT2D eigenvalue weighted by molar-refractivity contribution is 6.22. The van der Waals surface area contributed by atoms with Crippen LogP contribution in [0.4, 0.5) is 5.69 Å². The minimum absolute atomic E-state index is 0.148. The van der Waals surface area contributed by atoms with Crippen LogP contribution in [0.25, 0.3) is 0 Å². The summed E-state index contributed by atoms with van der Waals surface area (Å²) in [6.07, 6.45) is 6.34. The number of furan rings is 1. The Morgan fingerprint density at radius 3 is 2.67 bits per heavy atom. The summed E-state index contributed by atoms with van der Waals surface area (Å²) >= 11 is 0. The molecular formula is C21H26N2O4. The predicted molar refractivity (Wildman–Crippen MR) is 103 cm³/mol. The molecule has 6 nitrogen and oxygen atoms in total. The van der Waals surface area contributed by atoms with E-state index in [2.05, 4.69) is 12.2 Å². The zero-order valence-corrected chi connectivity index (χ0v) is 15.6. The monoisotopic (exact) mass is 370 g/mol. The molecule has 1 saturated heterocycles. The summed E-state index contributed by atoms with van der Waals surface area (Å²) in [4.78, 5) is 26.2. The average molecular weight is 370 g/mol. The summed E-state index contributed by atoms with van der Waals surface area (Å²) in [5.41, 5.74) is 0.575. The first-order valence-corrected chi connectivity index (χ1v) is 9.54. The Kier molecular flexibility index (Phi) is 6.65. The quantitative estimate of drug-likeness (QED) is 0.510. The third-order valence-electron chi connectivity index (χ3n) is 4.61. The standard InChI is InChI=1S/C21H26N2O4/c1-2-3-4-5-12-26-17-10-8-16(9-11-17)23-20(24)14-19(21(23)25)22-15-18-7-6-13-27-18/h6-11,13,19,22H,2-5,12,14-15H2,1H3. The highest BCUT2D eigenvalue weighted by atomic mass is 16.5. The van der Waals surface area contributed by atoms with Crippen LogP contribution in [-0.4, -0.2) is 24.5 Å². The van der Waals surface area contributed by atoms with E-state index < -0.39 is 6.04 Å². The maximum Gasteiger partial charge on any atom is 0.251 e. The summed E-state index contributed by atoms with van der Waals surface area (Å²) in [7, 11) is 0. The second-order valence-corrected chi connectivity index (χ2v) is 6.69. The van der Waals surface area contributed by atoms with Gasteiger partial charge in [-0.1, -0.05) is 26.2 Å². The molecule has 27 heavy (non-hydrogen) atoms. The average Bonchev–Trinajstić information content (AvgIpc) is 3.28. The molecule has 0 radical (unpaired) electrons. The van der Waals surface area contributed by atoms with Gasteiger partial charge in [-0.2, -0.15) is 0 Å². The van der Waals surface area contributed by atoms with Crippen molar-refractivity contribution in [1.82, 2.24) is 5.32 Å². The second-order valence-electron chi connectivity index (χ2n) is 6.69. The van der Waals surface area contributed by atoms with Crippen molar-refractivity contribution in [1.29, 1.82) is 0 Å². The van der Waals surface area contributed by atoms with E-state index in [1.807, 2.05) is 6.07 Å². The highest BCUT2D eigenvalue weighted by Crippen LogP contribution is 2.25. The van der Waals surface area contributed by atoms with Crippen molar-refractivity contribution in [2.45, 2.75) is 51.6 Å². The summed E-state index contributed by atoms with van der Waals surface area (Å²) in [6, 6.07) is 10.2. The maximum atomic E-state index is 12.6. The lowest BCUT2D eigenvalue weighted by molar-refractivity contribution is -0.121. The van der Waals surface area contributed by atoms with Crippen LogP contribution in [0, 0.1) is 0 Å². The van der Waals surface area contributed by atoms with Gasteiger partial charge in [0.2, 0.25) is 5.91 Å². The molecule has 1 aliphatic heterocycles. The van der Waals surface area contributed by atoms with E-state index in [9.17, 15) is 9.59 Å². The van der Waals surface area contributed by atoms with Crippen LogP contribution < -0.4 is 15.0 Å². The largest absolute Gasteiger partial charge is 0.494 e. The van der Waals surface area contributed by atoms with E-state index >= 15 is 0 Å². The molecule has 3 rings (SSSR count). The van der Waals surface area contributed by atoms with Crippen LogP contribution in [0.2, 0.25) is 0 Å². The number of carbonyl (C=O) groups is 2. The molecule has 0 aliphatic carbocycles. The zero-order valence-electron chi connectivity index (χ0n) is 15.6. The number of amides is 2. The Morgan fingerprint density at radius 1 is 1.15 bits per heavy atom. The molecule has 0 spiro atoms. The molecule has 1 aromatic carbocycles. The van der Waals surface area contributed by atoms with Crippen LogP contribution >= 0.6 is 0 Å². The number of unbranched alkanes of at least 4 members (excludes halogenated alkanes) is 3. The molecule has 1 atom stereocenters. The van der Waals surface area contributed by atoms with Gasteiger partial charge in [-0.05, 0) is 42.8 Å². The third kappa shape index (κ3) is 4.98. The summed E-state index contributed by atoms with van der Waals surface area (Å²) in [6.45, 7) is 3.27. The van der Waals surface area contributed by atoms with Gasteiger partial charge >= 0.3 is 0 Å². The molecule has 0 bridgehead atoms. The lowest BCUT2D eigenvalue weighted by Gasteiger charge is -2.16. The first kappa shape index (κ1) is 19.2. The molecule has 2 aromatic rings. The van der Waals surface area contributed by atoms with Crippen molar-refractivity contribution in [2.24, 2.45) is 0 Å². The van der Waals surface area contributed by atoms with E-state index in [1.54, 1.807) is 36.6 Å². The molecular weight excluding hydrogens is 344 g/mol. The van der Waals surface area contributed by atoms with Gasteiger partial charge in [-0.25, -0.2) is 4.90 Å². The van der Waals surface area contributed by atoms with Crippen LogP contribution in [0.3, 0.4) is 0 Å². The molecule has 2 heterocycles. The van der Waals surface area contributed by atoms with E-state index in [-0.39, 0.29) is 18.2 Å². The van der Waals surface area contributed by atoms with E-state index in [4.69, 9.17) is 9.15 Å². The fraction of sp³-hybridized carbons (Fsp3) is 0.429. The number of carbonyl (C=O) groups excluding carboxylic acids is 2. The summed E-state index contributed by atoms with van der Waals surface area (Å²) in [5, 5.41) is 3.09. The van der Waals surface area contributed by atoms with Crippen LogP contribution in [0.15, 0.2) is 47.1 Å². The van der Waals surface area contributed by atoms with E-state index in [0.29, 0.717) is 18.8 Å². The molecule has 144 valence electrons. The smallest absolute Gasteiger partial charge is 0.251 e. The fourth-order valence-electron chi connectivity index (χ4n) is 3.11.